The van der Waals surface area contributed by atoms with Gasteiger partial charge in [0.05, 0.1) is 31.2 Å². The van der Waals surface area contributed by atoms with Crippen molar-refractivity contribution >= 4 is 5.91 Å². The van der Waals surface area contributed by atoms with Gasteiger partial charge in [-0.2, -0.15) is 0 Å². The summed E-state index contributed by atoms with van der Waals surface area (Å²) in [6, 6.07) is 11.0. The van der Waals surface area contributed by atoms with Crippen LogP contribution < -0.4 is 10.1 Å². The summed E-state index contributed by atoms with van der Waals surface area (Å²) in [5, 5.41) is 2.79. The first-order chi connectivity index (χ1) is 11.7. The fourth-order valence-corrected chi connectivity index (χ4v) is 2.24. The van der Waals surface area contributed by atoms with Crippen LogP contribution in [0.5, 0.6) is 5.75 Å². The SMILES string of the molecule is COc1ccc(-c2ncc(C(=O)NCc3ccco3)c(C)n2)cc1. The lowest BCUT2D eigenvalue weighted by Gasteiger charge is -2.08. The molecule has 0 fully saturated rings. The molecule has 0 bridgehead atoms. The number of nitrogens with zero attached hydrogens (tertiary/aromatic N) is 2. The molecule has 0 unspecified atom stereocenters. The number of carbonyl (C=O) groups excluding carboxylic acids is 1. The number of carbonyl (C=O) groups is 1. The van der Waals surface area contributed by atoms with Gasteiger partial charge in [0.15, 0.2) is 5.82 Å². The Hall–Kier alpha value is -3.15. The average molecular weight is 323 g/mol. The Bertz CT molecular complexity index is 827. The van der Waals surface area contributed by atoms with E-state index >= 15 is 0 Å². The molecule has 3 rings (SSSR count). The monoisotopic (exact) mass is 323 g/mol. The van der Waals surface area contributed by atoms with Gasteiger partial charge in [-0.1, -0.05) is 0 Å². The van der Waals surface area contributed by atoms with Crippen LogP contribution in [0.15, 0.2) is 53.3 Å². The first kappa shape index (κ1) is 15.7. The second kappa shape index (κ2) is 6.95. The number of rotatable bonds is 5. The maximum absolute atomic E-state index is 12.2. The molecule has 0 aliphatic carbocycles. The Balaban J connectivity index is 1.74. The normalized spacial score (nSPS) is 10.4. The van der Waals surface area contributed by atoms with Crippen LogP contribution in [-0.4, -0.2) is 23.0 Å². The molecular formula is C18H17N3O3. The van der Waals surface area contributed by atoms with E-state index in [1.54, 1.807) is 38.6 Å². The molecule has 0 saturated heterocycles. The van der Waals surface area contributed by atoms with Gasteiger partial charge in [-0.3, -0.25) is 4.79 Å². The molecule has 6 heteroatoms. The molecule has 1 aromatic carbocycles. The predicted molar refractivity (Wildman–Crippen MR) is 88.6 cm³/mol. The largest absolute Gasteiger partial charge is 0.497 e. The summed E-state index contributed by atoms with van der Waals surface area (Å²) >= 11 is 0. The Kier molecular flexibility index (Phi) is 4.56. The van der Waals surface area contributed by atoms with Crippen molar-refractivity contribution < 1.29 is 13.9 Å². The Morgan fingerprint density at radius 3 is 2.67 bits per heavy atom. The van der Waals surface area contributed by atoms with Crippen molar-refractivity contribution in [1.82, 2.24) is 15.3 Å². The first-order valence-electron chi connectivity index (χ1n) is 7.46. The highest BCUT2D eigenvalue weighted by atomic mass is 16.5. The van der Waals surface area contributed by atoms with E-state index in [0.717, 1.165) is 11.3 Å². The van der Waals surface area contributed by atoms with Crippen LogP contribution in [0.2, 0.25) is 0 Å². The quantitative estimate of drug-likeness (QED) is 0.781. The van der Waals surface area contributed by atoms with Gasteiger partial charge in [0.1, 0.15) is 11.5 Å². The molecule has 0 aliphatic heterocycles. The smallest absolute Gasteiger partial charge is 0.255 e. The van der Waals surface area contributed by atoms with Crippen LogP contribution in [0.4, 0.5) is 0 Å². The van der Waals surface area contributed by atoms with Crippen LogP contribution in [0, 0.1) is 6.92 Å². The van der Waals surface area contributed by atoms with Crippen molar-refractivity contribution in [2.24, 2.45) is 0 Å². The molecule has 1 N–H and O–H groups in total. The number of hydrogen-bond acceptors (Lipinski definition) is 5. The number of aromatic nitrogens is 2. The average Bonchev–Trinajstić information content (AvgIpc) is 3.13. The van der Waals surface area contributed by atoms with Gasteiger partial charge in [0.25, 0.3) is 5.91 Å². The number of ether oxygens (including phenoxy) is 1. The van der Waals surface area contributed by atoms with Crippen molar-refractivity contribution in [3.05, 3.63) is 65.9 Å². The standard InChI is InChI=1S/C18H17N3O3/c1-12-16(18(22)20-10-15-4-3-9-24-15)11-19-17(21-12)13-5-7-14(23-2)8-6-13/h3-9,11H,10H2,1-2H3,(H,20,22). The Morgan fingerprint density at radius 2 is 2.04 bits per heavy atom. The third-order valence-corrected chi connectivity index (χ3v) is 3.58. The minimum Gasteiger partial charge on any atom is -0.497 e. The van der Waals surface area contributed by atoms with Crippen molar-refractivity contribution in [3.8, 4) is 17.1 Å². The van der Waals surface area contributed by atoms with Crippen molar-refractivity contribution in [3.63, 3.8) is 0 Å². The van der Waals surface area contributed by atoms with Crippen LogP contribution in [-0.2, 0) is 6.54 Å². The van der Waals surface area contributed by atoms with Crippen LogP contribution in [0.1, 0.15) is 21.8 Å². The highest BCUT2D eigenvalue weighted by molar-refractivity contribution is 5.95. The van der Waals surface area contributed by atoms with E-state index in [0.29, 0.717) is 29.4 Å². The van der Waals surface area contributed by atoms with E-state index in [-0.39, 0.29) is 5.91 Å². The van der Waals surface area contributed by atoms with Crippen molar-refractivity contribution in [1.29, 1.82) is 0 Å². The van der Waals surface area contributed by atoms with Gasteiger partial charge >= 0.3 is 0 Å². The number of aryl methyl sites for hydroxylation is 1. The van der Waals surface area contributed by atoms with E-state index < -0.39 is 0 Å². The topological polar surface area (TPSA) is 77.2 Å². The van der Waals surface area contributed by atoms with Gasteiger partial charge in [-0.25, -0.2) is 9.97 Å². The molecule has 1 amide bonds. The highest BCUT2D eigenvalue weighted by Crippen LogP contribution is 2.20. The third kappa shape index (κ3) is 3.43. The summed E-state index contributed by atoms with van der Waals surface area (Å²) < 4.78 is 10.3. The van der Waals surface area contributed by atoms with E-state index in [1.165, 1.54) is 0 Å². The fourth-order valence-electron chi connectivity index (χ4n) is 2.24. The van der Waals surface area contributed by atoms with Crippen LogP contribution in [0.25, 0.3) is 11.4 Å². The molecule has 0 radical (unpaired) electrons. The number of nitrogens with one attached hydrogen (secondary N) is 1. The summed E-state index contributed by atoms with van der Waals surface area (Å²) in [7, 11) is 1.62. The zero-order valence-corrected chi connectivity index (χ0v) is 13.4. The van der Waals surface area contributed by atoms with E-state index in [1.807, 2.05) is 24.3 Å². The summed E-state index contributed by atoms with van der Waals surface area (Å²) in [4.78, 5) is 21.0. The number of benzene rings is 1. The molecule has 3 aromatic rings. The molecule has 24 heavy (non-hydrogen) atoms. The lowest BCUT2D eigenvalue weighted by atomic mass is 10.1. The number of furan rings is 1. The molecule has 2 aromatic heterocycles. The highest BCUT2D eigenvalue weighted by Gasteiger charge is 2.13. The van der Waals surface area contributed by atoms with E-state index in [2.05, 4.69) is 15.3 Å². The second-order valence-electron chi connectivity index (χ2n) is 5.18. The van der Waals surface area contributed by atoms with Gasteiger partial charge in [0, 0.05) is 11.8 Å². The van der Waals surface area contributed by atoms with Gasteiger partial charge in [0.2, 0.25) is 0 Å². The van der Waals surface area contributed by atoms with Crippen molar-refractivity contribution in [2.75, 3.05) is 7.11 Å². The minimum absolute atomic E-state index is 0.231. The number of methoxy groups -OCH3 is 1. The van der Waals surface area contributed by atoms with Gasteiger partial charge in [-0.15, -0.1) is 0 Å². The molecule has 122 valence electrons. The van der Waals surface area contributed by atoms with Gasteiger partial charge in [-0.05, 0) is 43.3 Å². The summed E-state index contributed by atoms with van der Waals surface area (Å²) in [6.07, 6.45) is 3.11. The van der Waals surface area contributed by atoms with Crippen LogP contribution >= 0.6 is 0 Å². The molecule has 2 heterocycles. The first-order valence-corrected chi connectivity index (χ1v) is 7.46. The lowest BCUT2D eigenvalue weighted by Crippen LogP contribution is -2.24. The minimum atomic E-state index is -0.231. The van der Waals surface area contributed by atoms with Crippen LogP contribution in [0.3, 0.4) is 0 Å². The number of amides is 1. The predicted octanol–water partition coefficient (Wildman–Crippen LogP) is 2.98. The molecule has 0 spiro atoms. The zero-order valence-electron chi connectivity index (χ0n) is 13.4. The summed E-state index contributed by atoms with van der Waals surface area (Å²) in [6.45, 7) is 2.11. The molecular weight excluding hydrogens is 306 g/mol. The fraction of sp³-hybridized carbons (Fsp3) is 0.167. The third-order valence-electron chi connectivity index (χ3n) is 3.58. The number of hydrogen-bond donors (Lipinski definition) is 1. The molecule has 6 nitrogen and oxygen atoms in total. The van der Waals surface area contributed by atoms with Gasteiger partial charge < -0.3 is 14.5 Å². The maximum atomic E-state index is 12.2. The lowest BCUT2D eigenvalue weighted by molar-refractivity contribution is 0.0946. The van der Waals surface area contributed by atoms with Crippen molar-refractivity contribution in [2.45, 2.75) is 13.5 Å². The van der Waals surface area contributed by atoms with E-state index in [4.69, 9.17) is 9.15 Å². The molecule has 0 aliphatic rings. The second-order valence-corrected chi connectivity index (χ2v) is 5.18. The zero-order chi connectivity index (χ0) is 16.9. The summed E-state index contributed by atoms with van der Waals surface area (Å²) in [5.41, 5.74) is 1.92. The molecule has 0 saturated carbocycles. The maximum Gasteiger partial charge on any atom is 0.255 e. The van der Waals surface area contributed by atoms with E-state index in [9.17, 15) is 4.79 Å². The summed E-state index contributed by atoms with van der Waals surface area (Å²) in [5.74, 6) is 1.80. The Morgan fingerprint density at radius 1 is 1.25 bits per heavy atom. The molecule has 0 atom stereocenters. The Labute approximate surface area is 139 Å².